The maximum atomic E-state index is 13.9. The summed E-state index contributed by atoms with van der Waals surface area (Å²) in [6.45, 7) is 6.71. The molecule has 2 rings (SSSR count). The van der Waals surface area contributed by atoms with Crippen LogP contribution in [0.4, 0.5) is 4.39 Å². The van der Waals surface area contributed by atoms with Gasteiger partial charge in [-0.15, -0.1) is 0 Å². The van der Waals surface area contributed by atoms with Gasteiger partial charge in [0.25, 0.3) is 0 Å². The van der Waals surface area contributed by atoms with Crippen molar-refractivity contribution in [3.8, 4) is 5.75 Å². The van der Waals surface area contributed by atoms with Crippen LogP contribution in [0.1, 0.15) is 38.9 Å². The molecule has 1 fully saturated rings. The standard InChI is InChI=1S/C16H23FN2O2/c1-5-19-15(18-13(16(19)20)8-10(2)3)11-6-7-14(21-4)12(17)9-11/h6-7,9-10,13,15,18H,5,8H2,1-4H3. The summed E-state index contributed by atoms with van der Waals surface area (Å²) in [5.74, 6) is 0.321. The van der Waals surface area contributed by atoms with Crippen LogP contribution in [0.15, 0.2) is 18.2 Å². The first-order valence-electron chi connectivity index (χ1n) is 7.37. The number of carbonyl (C=O) groups excluding carboxylic acids is 1. The van der Waals surface area contributed by atoms with Crippen molar-refractivity contribution in [2.45, 2.75) is 39.4 Å². The van der Waals surface area contributed by atoms with E-state index < -0.39 is 5.82 Å². The number of rotatable bonds is 5. The number of hydrogen-bond donors (Lipinski definition) is 1. The number of methoxy groups -OCH3 is 1. The highest BCUT2D eigenvalue weighted by molar-refractivity contribution is 5.84. The molecule has 1 saturated heterocycles. The van der Waals surface area contributed by atoms with Crippen LogP contribution in [-0.2, 0) is 4.79 Å². The van der Waals surface area contributed by atoms with Gasteiger partial charge in [0, 0.05) is 6.54 Å². The Labute approximate surface area is 125 Å². The summed E-state index contributed by atoms with van der Waals surface area (Å²) >= 11 is 0. The van der Waals surface area contributed by atoms with E-state index >= 15 is 0 Å². The summed E-state index contributed by atoms with van der Waals surface area (Å²) in [4.78, 5) is 14.2. The molecule has 1 aliphatic heterocycles. The molecule has 1 heterocycles. The first-order chi connectivity index (χ1) is 9.97. The predicted molar refractivity (Wildman–Crippen MR) is 79.5 cm³/mol. The van der Waals surface area contributed by atoms with Crippen LogP contribution in [0.2, 0.25) is 0 Å². The number of hydrogen-bond acceptors (Lipinski definition) is 3. The number of likely N-dealkylation sites (N-methyl/N-ethyl adjacent to an activating group) is 1. The Bertz CT molecular complexity index is 519. The molecular weight excluding hydrogens is 271 g/mol. The number of nitrogens with zero attached hydrogens (tertiary/aromatic N) is 1. The molecule has 0 spiro atoms. The van der Waals surface area contributed by atoms with Gasteiger partial charge in [0.1, 0.15) is 6.17 Å². The van der Waals surface area contributed by atoms with E-state index in [-0.39, 0.29) is 23.9 Å². The summed E-state index contributed by atoms with van der Waals surface area (Å²) in [6, 6.07) is 4.64. The van der Waals surface area contributed by atoms with Crippen molar-refractivity contribution in [3.05, 3.63) is 29.6 Å². The van der Waals surface area contributed by atoms with Crippen LogP contribution < -0.4 is 10.1 Å². The third kappa shape index (κ3) is 3.18. The van der Waals surface area contributed by atoms with Crippen molar-refractivity contribution in [1.29, 1.82) is 0 Å². The Morgan fingerprint density at radius 2 is 2.14 bits per heavy atom. The van der Waals surface area contributed by atoms with Gasteiger partial charge in [-0.05, 0) is 37.0 Å². The quantitative estimate of drug-likeness (QED) is 0.908. The van der Waals surface area contributed by atoms with Crippen LogP contribution in [0.3, 0.4) is 0 Å². The molecule has 21 heavy (non-hydrogen) atoms. The Morgan fingerprint density at radius 3 is 2.67 bits per heavy atom. The second-order valence-corrected chi connectivity index (χ2v) is 5.77. The molecule has 2 unspecified atom stereocenters. The van der Waals surface area contributed by atoms with Crippen molar-refractivity contribution < 1.29 is 13.9 Å². The maximum absolute atomic E-state index is 13.9. The van der Waals surface area contributed by atoms with E-state index in [1.807, 2.05) is 6.92 Å². The molecule has 2 atom stereocenters. The van der Waals surface area contributed by atoms with Gasteiger partial charge in [0.15, 0.2) is 11.6 Å². The molecular formula is C16H23FN2O2. The fourth-order valence-corrected chi connectivity index (χ4v) is 2.79. The number of nitrogens with one attached hydrogen (secondary N) is 1. The van der Waals surface area contributed by atoms with E-state index in [9.17, 15) is 9.18 Å². The van der Waals surface area contributed by atoms with Gasteiger partial charge in [-0.3, -0.25) is 10.1 Å². The van der Waals surface area contributed by atoms with E-state index in [1.54, 1.807) is 17.0 Å². The molecule has 0 bridgehead atoms. The summed E-state index contributed by atoms with van der Waals surface area (Å²) < 4.78 is 18.8. The lowest BCUT2D eigenvalue weighted by Crippen LogP contribution is -2.31. The fraction of sp³-hybridized carbons (Fsp3) is 0.562. The molecule has 1 aromatic rings. The molecule has 5 heteroatoms. The Morgan fingerprint density at radius 1 is 1.43 bits per heavy atom. The lowest BCUT2D eigenvalue weighted by molar-refractivity contribution is -0.130. The second kappa shape index (κ2) is 6.43. The normalized spacial score (nSPS) is 22.2. The first-order valence-corrected chi connectivity index (χ1v) is 7.37. The van der Waals surface area contributed by atoms with Gasteiger partial charge in [0.05, 0.1) is 13.2 Å². The number of carbonyl (C=O) groups is 1. The summed E-state index contributed by atoms with van der Waals surface area (Å²) in [5.41, 5.74) is 0.745. The van der Waals surface area contributed by atoms with Crippen molar-refractivity contribution >= 4 is 5.91 Å². The SMILES string of the molecule is CCN1C(=O)C(CC(C)C)NC1c1ccc(OC)c(F)c1. The Kier molecular flexibility index (Phi) is 4.83. The predicted octanol–water partition coefficient (Wildman–Crippen LogP) is 2.70. The third-order valence-electron chi connectivity index (χ3n) is 3.79. The van der Waals surface area contributed by atoms with Gasteiger partial charge in [-0.2, -0.15) is 0 Å². The molecule has 4 nitrogen and oxygen atoms in total. The smallest absolute Gasteiger partial charge is 0.241 e. The average Bonchev–Trinajstić information content (AvgIpc) is 2.74. The minimum Gasteiger partial charge on any atom is -0.494 e. The van der Waals surface area contributed by atoms with Crippen molar-refractivity contribution in [2.24, 2.45) is 5.92 Å². The summed E-state index contributed by atoms with van der Waals surface area (Å²) in [5, 5.41) is 3.32. The maximum Gasteiger partial charge on any atom is 0.241 e. The van der Waals surface area contributed by atoms with Crippen LogP contribution in [-0.4, -0.2) is 30.5 Å². The van der Waals surface area contributed by atoms with E-state index in [0.29, 0.717) is 12.5 Å². The van der Waals surface area contributed by atoms with Crippen LogP contribution in [0.25, 0.3) is 0 Å². The number of ether oxygens (including phenoxy) is 1. The zero-order chi connectivity index (χ0) is 15.6. The van der Waals surface area contributed by atoms with Crippen molar-refractivity contribution in [1.82, 2.24) is 10.2 Å². The lowest BCUT2D eigenvalue weighted by atomic mass is 10.0. The van der Waals surface area contributed by atoms with Gasteiger partial charge in [0.2, 0.25) is 5.91 Å². The zero-order valence-electron chi connectivity index (χ0n) is 13.0. The summed E-state index contributed by atoms with van der Waals surface area (Å²) in [7, 11) is 1.44. The van der Waals surface area contributed by atoms with E-state index in [0.717, 1.165) is 12.0 Å². The van der Waals surface area contributed by atoms with Gasteiger partial charge in [-0.25, -0.2) is 4.39 Å². The molecule has 1 amide bonds. The van der Waals surface area contributed by atoms with Gasteiger partial charge >= 0.3 is 0 Å². The third-order valence-corrected chi connectivity index (χ3v) is 3.79. The second-order valence-electron chi connectivity index (χ2n) is 5.77. The lowest BCUT2D eigenvalue weighted by Gasteiger charge is -2.23. The average molecular weight is 294 g/mol. The fourth-order valence-electron chi connectivity index (χ4n) is 2.79. The Hall–Kier alpha value is -1.62. The largest absolute Gasteiger partial charge is 0.494 e. The molecule has 0 aromatic heterocycles. The highest BCUT2D eigenvalue weighted by Crippen LogP contribution is 2.29. The van der Waals surface area contributed by atoms with Gasteiger partial charge in [-0.1, -0.05) is 19.9 Å². The molecule has 116 valence electrons. The minimum atomic E-state index is -0.410. The highest BCUT2D eigenvalue weighted by Gasteiger charge is 2.38. The van der Waals surface area contributed by atoms with E-state index in [2.05, 4.69) is 19.2 Å². The van der Waals surface area contributed by atoms with Crippen LogP contribution in [0.5, 0.6) is 5.75 Å². The molecule has 0 radical (unpaired) electrons. The van der Waals surface area contributed by atoms with E-state index in [1.165, 1.54) is 13.2 Å². The minimum absolute atomic E-state index is 0.0902. The molecule has 1 aliphatic rings. The van der Waals surface area contributed by atoms with Crippen LogP contribution >= 0.6 is 0 Å². The first kappa shape index (κ1) is 15.8. The zero-order valence-corrected chi connectivity index (χ0v) is 13.0. The van der Waals surface area contributed by atoms with Crippen LogP contribution in [0, 0.1) is 11.7 Å². The molecule has 1 N–H and O–H groups in total. The number of benzene rings is 1. The Balaban J connectivity index is 2.25. The molecule has 0 aliphatic carbocycles. The summed E-state index contributed by atoms with van der Waals surface area (Å²) in [6.07, 6.45) is 0.511. The monoisotopic (exact) mass is 294 g/mol. The number of halogens is 1. The van der Waals surface area contributed by atoms with E-state index in [4.69, 9.17) is 4.74 Å². The van der Waals surface area contributed by atoms with Crippen molar-refractivity contribution in [3.63, 3.8) is 0 Å². The molecule has 1 aromatic carbocycles. The van der Waals surface area contributed by atoms with Gasteiger partial charge < -0.3 is 9.64 Å². The topological polar surface area (TPSA) is 41.6 Å². The highest BCUT2D eigenvalue weighted by atomic mass is 19.1. The molecule has 0 saturated carbocycles. The number of amides is 1. The van der Waals surface area contributed by atoms with Crippen molar-refractivity contribution in [2.75, 3.05) is 13.7 Å².